The Morgan fingerprint density at radius 3 is 2.50 bits per heavy atom. The van der Waals surface area contributed by atoms with Crippen LogP contribution in [0.1, 0.15) is 23.0 Å². The molecule has 8 heteroatoms. The second-order valence-corrected chi connectivity index (χ2v) is 4.67. The fourth-order valence-corrected chi connectivity index (χ4v) is 2.09. The molecule has 0 atom stereocenters. The van der Waals surface area contributed by atoms with E-state index in [4.69, 9.17) is 27.9 Å². The molecule has 0 bridgehead atoms. The summed E-state index contributed by atoms with van der Waals surface area (Å²) in [6.45, 7) is 3.90. The molecule has 0 aliphatic heterocycles. The molecule has 1 N–H and O–H groups in total. The highest BCUT2D eigenvalue weighted by atomic mass is 35.5. The Morgan fingerprint density at radius 2 is 2.00 bits per heavy atom. The van der Waals surface area contributed by atoms with Crippen molar-refractivity contribution in [2.75, 3.05) is 11.9 Å². The zero-order chi connectivity index (χ0) is 14.7. The van der Waals surface area contributed by atoms with E-state index in [1.807, 2.05) is 6.92 Å². The summed E-state index contributed by atoms with van der Waals surface area (Å²) < 4.78 is 9.79. The number of carbonyl (C=O) groups excluding carboxylic acids is 1. The number of hydrogen-bond acceptors (Lipinski definition) is 5. The molecule has 0 spiro atoms. The van der Waals surface area contributed by atoms with Crippen LogP contribution in [0, 0.1) is 6.92 Å². The standard InChI is InChI=1S/C12H11Cl2N3O3/c1-3-19-10-8(13)4-7(5-9(10)14)12(18)15-11-6(2)16-20-17-11/h4-5H,3H2,1-2H3,(H,15,17,18). The van der Waals surface area contributed by atoms with Crippen LogP contribution >= 0.6 is 23.2 Å². The minimum absolute atomic E-state index is 0.246. The average molecular weight is 316 g/mol. The summed E-state index contributed by atoms with van der Waals surface area (Å²) in [4.78, 5) is 12.1. The lowest BCUT2D eigenvalue weighted by Crippen LogP contribution is -2.13. The van der Waals surface area contributed by atoms with Gasteiger partial charge in [0.25, 0.3) is 5.91 Å². The number of halogens is 2. The summed E-state index contributed by atoms with van der Waals surface area (Å²) in [5, 5.41) is 10.2. The number of nitrogens with one attached hydrogen (secondary N) is 1. The molecule has 1 aromatic carbocycles. The van der Waals surface area contributed by atoms with Crippen molar-refractivity contribution >= 4 is 34.9 Å². The minimum atomic E-state index is -0.421. The highest BCUT2D eigenvalue weighted by Gasteiger charge is 2.16. The molecule has 0 aliphatic rings. The third-order valence-corrected chi connectivity index (χ3v) is 3.00. The fourth-order valence-electron chi connectivity index (χ4n) is 1.50. The number of carbonyl (C=O) groups is 1. The number of nitrogens with zero attached hydrogens (tertiary/aromatic N) is 2. The van der Waals surface area contributed by atoms with Crippen LogP contribution in [0.25, 0.3) is 0 Å². The van der Waals surface area contributed by atoms with Crippen LogP contribution in [-0.2, 0) is 0 Å². The van der Waals surface area contributed by atoms with Crippen LogP contribution in [-0.4, -0.2) is 22.8 Å². The van der Waals surface area contributed by atoms with Crippen molar-refractivity contribution in [3.63, 3.8) is 0 Å². The molecule has 0 saturated carbocycles. The van der Waals surface area contributed by atoms with Crippen molar-refractivity contribution in [1.29, 1.82) is 0 Å². The second kappa shape index (κ2) is 6.11. The molecule has 2 aromatic rings. The number of aromatic nitrogens is 2. The number of rotatable bonds is 4. The lowest BCUT2D eigenvalue weighted by molar-refractivity contribution is 0.102. The molecule has 1 aromatic heterocycles. The van der Waals surface area contributed by atoms with Gasteiger partial charge in [-0.15, -0.1) is 0 Å². The van der Waals surface area contributed by atoms with Gasteiger partial charge in [-0.2, -0.15) is 0 Å². The van der Waals surface area contributed by atoms with E-state index in [0.29, 0.717) is 18.1 Å². The first-order valence-electron chi connectivity index (χ1n) is 5.75. The monoisotopic (exact) mass is 315 g/mol. The molecular formula is C12H11Cl2N3O3. The van der Waals surface area contributed by atoms with Gasteiger partial charge in [0.05, 0.1) is 16.7 Å². The van der Waals surface area contributed by atoms with Crippen molar-refractivity contribution in [3.05, 3.63) is 33.4 Å². The molecule has 0 aliphatic carbocycles. The largest absolute Gasteiger partial charge is 0.491 e. The molecule has 6 nitrogen and oxygen atoms in total. The van der Waals surface area contributed by atoms with Crippen molar-refractivity contribution in [2.45, 2.75) is 13.8 Å². The van der Waals surface area contributed by atoms with E-state index in [-0.39, 0.29) is 21.4 Å². The second-order valence-electron chi connectivity index (χ2n) is 3.85. The van der Waals surface area contributed by atoms with Crippen molar-refractivity contribution in [3.8, 4) is 5.75 Å². The van der Waals surface area contributed by atoms with Crippen molar-refractivity contribution in [1.82, 2.24) is 10.3 Å². The lowest BCUT2D eigenvalue weighted by atomic mass is 10.2. The van der Waals surface area contributed by atoms with E-state index in [0.717, 1.165) is 0 Å². The summed E-state index contributed by atoms with van der Waals surface area (Å²) in [6.07, 6.45) is 0. The molecule has 1 heterocycles. The van der Waals surface area contributed by atoms with Crippen LogP contribution in [0.4, 0.5) is 5.82 Å². The van der Waals surface area contributed by atoms with Gasteiger partial charge in [0.1, 0.15) is 5.69 Å². The van der Waals surface area contributed by atoms with Gasteiger partial charge in [0.15, 0.2) is 5.75 Å². The highest BCUT2D eigenvalue weighted by molar-refractivity contribution is 6.37. The van der Waals surface area contributed by atoms with Crippen LogP contribution in [0.3, 0.4) is 0 Å². The van der Waals surface area contributed by atoms with E-state index in [1.165, 1.54) is 12.1 Å². The first-order chi connectivity index (χ1) is 9.52. The maximum absolute atomic E-state index is 12.1. The van der Waals surface area contributed by atoms with E-state index in [1.54, 1.807) is 6.92 Å². The van der Waals surface area contributed by atoms with E-state index in [2.05, 4.69) is 20.3 Å². The average Bonchev–Trinajstić information content (AvgIpc) is 2.79. The third-order valence-electron chi connectivity index (χ3n) is 2.43. The molecule has 2 rings (SSSR count). The van der Waals surface area contributed by atoms with Gasteiger partial charge in [0, 0.05) is 5.56 Å². The SMILES string of the molecule is CCOc1c(Cl)cc(C(=O)Nc2nonc2C)cc1Cl. The molecule has 0 unspecified atom stereocenters. The van der Waals surface area contributed by atoms with Crippen LogP contribution in [0.2, 0.25) is 10.0 Å². The highest BCUT2D eigenvalue weighted by Crippen LogP contribution is 2.34. The molecule has 20 heavy (non-hydrogen) atoms. The maximum atomic E-state index is 12.1. The fraction of sp³-hybridized carbons (Fsp3) is 0.250. The van der Waals surface area contributed by atoms with E-state index < -0.39 is 5.91 Å². The number of anilines is 1. The quantitative estimate of drug-likeness (QED) is 0.936. The Hall–Kier alpha value is -1.79. The van der Waals surface area contributed by atoms with Gasteiger partial charge in [-0.3, -0.25) is 4.79 Å². The Bertz CT molecular complexity index is 620. The predicted molar refractivity (Wildman–Crippen MR) is 74.6 cm³/mol. The summed E-state index contributed by atoms with van der Waals surface area (Å²) in [7, 11) is 0. The smallest absolute Gasteiger partial charge is 0.257 e. The Labute approximate surface area is 125 Å². The maximum Gasteiger partial charge on any atom is 0.257 e. The zero-order valence-corrected chi connectivity index (χ0v) is 12.2. The van der Waals surface area contributed by atoms with Gasteiger partial charge in [-0.25, -0.2) is 4.63 Å². The van der Waals surface area contributed by atoms with Gasteiger partial charge in [-0.05, 0) is 31.1 Å². The van der Waals surface area contributed by atoms with Crippen LogP contribution < -0.4 is 10.1 Å². The van der Waals surface area contributed by atoms with E-state index >= 15 is 0 Å². The van der Waals surface area contributed by atoms with Crippen LogP contribution in [0.5, 0.6) is 5.75 Å². The molecule has 106 valence electrons. The first kappa shape index (κ1) is 14.6. The van der Waals surface area contributed by atoms with Gasteiger partial charge >= 0.3 is 0 Å². The van der Waals surface area contributed by atoms with Crippen LogP contribution in [0.15, 0.2) is 16.8 Å². The number of amides is 1. The molecule has 0 fully saturated rings. The Balaban J connectivity index is 2.25. The van der Waals surface area contributed by atoms with E-state index in [9.17, 15) is 4.79 Å². The van der Waals surface area contributed by atoms with Gasteiger partial charge in [0.2, 0.25) is 5.82 Å². The third kappa shape index (κ3) is 3.02. The van der Waals surface area contributed by atoms with Crippen molar-refractivity contribution in [2.24, 2.45) is 0 Å². The topological polar surface area (TPSA) is 77.2 Å². The van der Waals surface area contributed by atoms with Gasteiger partial charge in [-0.1, -0.05) is 28.4 Å². The van der Waals surface area contributed by atoms with Gasteiger partial charge < -0.3 is 10.1 Å². The molecular weight excluding hydrogens is 305 g/mol. The summed E-state index contributed by atoms with van der Waals surface area (Å²) in [5.74, 6) is 0.179. The summed E-state index contributed by atoms with van der Waals surface area (Å²) >= 11 is 12.1. The Morgan fingerprint density at radius 1 is 1.35 bits per heavy atom. The predicted octanol–water partition coefficient (Wildman–Crippen LogP) is 3.34. The molecule has 1 amide bonds. The minimum Gasteiger partial charge on any atom is -0.491 e. The summed E-state index contributed by atoms with van der Waals surface area (Å²) in [6, 6.07) is 2.94. The van der Waals surface area contributed by atoms with Crippen molar-refractivity contribution < 1.29 is 14.2 Å². The Kier molecular flexibility index (Phi) is 4.46. The summed E-state index contributed by atoms with van der Waals surface area (Å²) in [5.41, 5.74) is 0.757. The number of hydrogen-bond donors (Lipinski definition) is 1. The lowest BCUT2D eigenvalue weighted by Gasteiger charge is -2.10. The number of benzene rings is 1. The number of ether oxygens (including phenoxy) is 1. The molecule has 0 radical (unpaired) electrons. The normalized spacial score (nSPS) is 10.4. The molecule has 0 saturated heterocycles. The first-order valence-corrected chi connectivity index (χ1v) is 6.50. The number of aryl methyl sites for hydroxylation is 1. The zero-order valence-electron chi connectivity index (χ0n) is 10.7.